The predicted molar refractivity (Wildman–Crippen MR) is 157 cm³/mol. The molecule has 1 unspecified atom stereocenters. The van der Waals surface area contributed by atoms with Gasteiger partial charge >= 0.3 is 6.09 Å². The highest BCUT2D eigenvalue weighted by molar-refractivity contribution is 7.95. The highest BCUT2D eigenvalue weighted by Crippen LogP contribution is 2.38. The van der Waals surface area contributed by atoms with Gasteiger partial charge in [-0.2, -0.15) is 4.41 Å². The molecule has 3 aromatic rings. The van der Waals surface area contributed by atoms with Crippen LogP contribution in [0.5, 0.6) is 11.5 Å². The topological polar surface area (TPSA) is 83.1 Å². The molecule has 2 aliphatic heterocycles. The van der Waals surface area contributed by atoms with Crippen LogP contribution < -0.4 is 20.6 Å². The molecule has 8 nitrogen and oxygen atoms in total. The number of carbonyl (C=O) groups is 1. The summed E-state index contributed by atoms with van der Waals surface area (Å²) in [6, 6.07) is 18.3. The van der Waals surface area contributed by atoms with Gasteiger partial charge in [0.2, 0.25) is 0 Å². The number of carbonyl (C=O) groups excluding carboxylic acids is 1. The van der Waals surface area contributed by atoms with E-state index in [-0.39, 0.29) is 5.75 Å². The second-order valence-corrected chi connectivity index (χ2v) is 10.6. The Morgan fingerprint density at radius 1 is 1.12 bits per heavy atom. The standard InChI is InChI=1S/C29H29ClFN5O3S/c1-33-27-11-4-22(30)19-26(27)21-12-13-35(29(37)39-25-9-5-23(31)6-10-25)28(18-21)20-2-7-24(8-3-20)38-17-16-36(32)40-34-14-15-34/h2-11,14-15,18-19,28,33H,12-13,16-17,32H2,1H3. The third-order valence-electron chi connectivity index (χ3n) is 6.44. The summed E-state index contributed by atoms with van der Waals surface area (Å²) >= 11 is 7.73. The van der Waals surface area contributed by atoms with Crippen LogP contribution in [0.15, 0.2) is 85.2 Å². The van der Waals surface area contributed by atoms with Crippen LogP contribution in [-0.2, 0) is 0 Å². The molecule has 0 saturated carbocycles. The number of benzene rings is 3. The number of hydrazine groups is 1. The van der Waals surface area contributed by atoms with E-state index < -0.39 is 18.0 Å². The Morgan fingerprint density at radius 2 is 1.85 bits per heavy atom. The van der Waals surface area contributed by atoms with Gasteiger partial charge in [-0.25, -0.2) is 9.18 Å². The summed E-state index contributed by atoms with van der Waals surface area (Å²) in [6.45, 7) is 1.37. The number of amides is 1. The number of nitrogens with zero attached hydrogens (tertiary/aromatic N) is 3. The van der Waals surface area contributed by atoms with Crippen LogP contribution in [0.3, 0.4) is 0 Å². The van der Waals surface area contributed by atoms with E-state index in [1.54, 1.807) is 9.31 Å². The molecule has 208 valence electrons. The number of hydrogen-bond donors (Lipinski definition) is 2. The van der Waals surface area contributed by atoms with Crippen molar-refractivity contribution in [3.8, 4) is 11.5 Å². The lowest BCUT2D eigenvalue weighted by atomic mass is 9.91. The zero-order chi connectivity index (χ0) is 28.1. The lowest BCUT2D eigenvalue weighted by molar-refractivity contribution is 0.140. The van der Waals surface area contributed by atoms with E-state index >= 15 is 0 Å². The summed E-state index contributed by atoms with van der Waals surface area (Å²) in [5, 5.41) is 3.85. The van der Waals surface area contributed by atoms with Gasteiger partial charge < -0.3 is 14.8 Å². The molecule has 1 amide bonds. The lowest BCUT2D eigenvalue weighted by Gasteiger charge is -2.34. The first-order chi connectivity index (χ1) is 19.4. The lowest BCUT2D eigenvalue weighted by Crippen LogP contribution is -2.39. The molecule has 0 saturated heterocycles. The van der Waals surface area contributed by atoms with Crippen molar-refractivity contribution in [2.75, 3.05) is 32.1 Å². The quantitative estimate of drug-likeness (QED) is 0.160. The van der Waals surface area contributed by atoms with Crippen molar-refractivity contribution in [1.82, 2.24) is 13.6 Å². The Hall–Kier alpha value is -3.70. The van der Waals surface area contributed by atoms with Crippen LogP contribution in [-0.4, -0.2) is 46.5 Å². The van der Waals surface area contributed by atoms with Crippen LogP contribution in [0, 0.1) is 5.82 Å². The number of rotatable bonds is 10. The van der Waals surface area contributed by atoms with E-state index in [1.165, 1.54) is 36.4 Å². The summed E-state index contributed by atoms with van der Waals surface area (Å²) in [5.41, 5.74) is 3.87. The fourth-order valence-electron chi connectivity index (χ4n) is 4.37. The highest BCUT2D eigenvalue weighted by atomic mass is 35.5. The molecule has 5 rings (SSSR count). The molecule has 3 aromatic carbocycles. The minimum Gasteiger partial charge on any atom is -0.492 e. The minimum absolute atomic E-state index is 0.275. The van der Waals surface area contributed by atoms with Crippen molar-refractivity contribution >= 4 is 41.1 Å². The van der Waals surface area contributed by atoms with Gasteiger partial charge in [-0.3, -0.25) is 15.0 Å². The molecule has 40 heavy (non-hydrogen) atoms. The van der Waals surface area contributed by atoms with Gasteiger partial charge in [0.1, 0.15) is 23.9 Å². The zero-order valence-corrected chi connectivity index (χ0v) is 23.4. The number of ether oxygens (including phenoxy) is 2. The first-order valence-electron chi connectivity index (χ1n) is 12.7. The largest absolute Gasteiger partial charge is 0.492 e. The van der Waals surface area contributed by atoms with Crippen LogP contribution in [0.25, 0.3) is 5.57 Å². The molecule has 11 heteroatoms. The Balaban J connectivity index is 1.36. The third kappa shape index (κ3) is 7.08. The van der Waals surface area contributed by atoms with Gasteiger partial charge in [0, 0.05) is 42.3 Å². The Bertz CT molecular complexity index is 1400. The highest BCUT2D eigenvalue weighted by Gasteiger charge is 2.30. The smallest absolute Gasteiger partial charge is 0.416 e. The fourth-order valence-corrected chi connectivity index (χ4v) is 5.10. The van der Waals surface area contributed by atoms with Gasteiger partial charge in [0.25, 0.3) is 0 Å². The molecule has 0 aliphatic carbocycles. The normalized spacial score (nSPS) is 16.1. The van der Waals surface area contributed by atoms with Crippen LogP contribution in [0.4, 0.5) is 14.9 Å². The molecule has 0 radical (unpaired) electrons. The first-order valence-corrected chi connectivity index (χ1v) is 13.8. The number of anilines is 1. The van der Waals surface area contributed by atoms with Crippen LogP contribution >= 0.6 is 23.7 Å². The second kappa shape index (κ2) is 12.6. The summed E-state index contributed by atoms with van der Waals surface area (Å²) < 4.78 is 28.3. The van der Waals surface area contributed by atoms with E-state index in [0.29, 0.717) is 36.9 Å². The van der Waals surface area contributed by atoms with E-state index in [0.717, 1.165) is 22.4 Å². The predicted octanol–water partition coefficient (Wildman–Crippen LogP) is 6.45. The average Bonchev–Trinajstić information content (AvgIpc) is 3.78. The molecule has 2 heterocycles. The van der Waals surface area contributed by atoms with Crippen molar-refractivity contribution < 1.29 is 18.7 Å². The molecule has 0 fully saturated rings. The molecule has 2 aliphatic rings. The number of hydrogen-bond acceptors (Lipinski definition) is 8. The van der Waals surface area contributed by atoms with E-state index in [4.69, 9.17) is 26.9 Å². The number of nitrogens with two attached hydrogens (primary N) is 1. The Kier molecular flexibility index (Phi) is 8.81. The molecule has 0 spiro atoms. The van der Waals surface area contributed by atoms with Gasteiger partial charge in [-0.15, -0.1) is 0 Å². The van der Waals surface area contributed by atoms with E-state index in [2.05, 4.69) is 11.4 Å². The number of halogens is 2. The van der Waals surface area contributed by atoms with Crippen molar-refractivity contribution in [1.29, 1.82) is 0 Å². The van der Waals surface area contributed by atoms with Gasteiger partial charge in [-0.1, -0.05) is 29.8 Å². The molecule has 0 aromatic heterocycles. The fraction of sp³-hybridized carbons (Fsp3) is 0.207. The molecular weight excluding hydrogens is 553 g/mol. The maximum absolute atomic E-state index is 13.4. The monoisotopic (exact) mass is 581 g/mol. The zero-order valence-electron chi connectivity index (χ0n) is 21.8. The first kappa shape index (κ1) is 27.9. The Morgan fingerprint density at radius 3 is 2.55 bits per heavy atom. The van der Waals surface area contributed by atoms with Crippen molar-refractivity contribution in [3.05, 3.63) is 107 Å². The minimum atomic E-state index is -0.520. The summed E-state index contributed by atoms with van der Waals surface area (Å²) in [5.74, 6) is 6.51. The van der Waals surface area contributed by atoms with Gasteiger partial charge in [0.05, 0.1) is 24.7 Å². The maximum Gasteiger partial charge on any atom is 0.416 e. The summed E-state index contributed by atoms with van der Waals surface area (Å²) in [4.78, 5) is 15.0. The molecule has 1 atom stereocenters. The molecule has 0 bridgehead atoms. The van der Waals surface area contributed by atoms with E-state index in [1.807, 2.05) is 66.2 Å². The van der Waals surface area contributed by atoms with Crippen LogP contribution in [0.2, 0.25) is 5.02 Å². The Labute approximate surface area is 242 Å². The number of nitrogens with one attached hydrogen (secondary N) is 1. The maximum atomic E-state index is 13.4. The summed E-state index contributed by atoms with van der Waals surface area (Å²) in [6.07, 6.45) is 5.97. The molecular formula is C29H29ClFN5O3S. The third-order valence-corrected chi connectivity index (χ3v) is 7.50. The van der Waals surface area contributed by atoms with Crippen molar-refractivity contribution in [2.24, 2.45) is 5.84 Å². The van der Waals surface area contributed by atoms with Crippen molar-refractivity contribution in [2.45, 2.75) is 12.5 Å². The van der Waals surface area contributed by atoms with Crippen molar-refractivity contribution in [3.63, 3.8) is 0 Å². The second-order valence-electron chi connectivity index (χ2n) is 9.14. The van der Waals surface area contributed by atoms with Crippen LogP contribution in [0.1, 0.15) is 23.6 Å². The molecule has 3 N–H and O–H groups in total. The van der Waals surface area contributed by atoms with Gasteiger partial charge in [-0.05, 0) is 72.2 Å². The summed E-state index contributed by atoms with van der Waals surface area (Å²) in [7, 11) is 1.86. The average molecular weight is 582 g/mol. The van der Waals surface area contributed by atoms with Gasteiger partial charge in [0.15, 0.2) is 0 Å². The van der Waals surface area contributed by atoms with E-state index in [9.17, 15) is 9.18 Å². The SMILES string of the molecule is CNc1ccc(Cl)cc1C1=CC(c2ccc(OCCN(N)SN3C=C3)cc2)N(C(=O)Oc2ccc(F)cc2)CC1.